The SMILES string of the molecule is NC(CCSc1ccc(Br)cc1)C(=O)Nc1ccccc1. The van der Waals surface area contributed by atoms with Gasteiger partial charge in [-0.15, -0.1) is 11.8 Å². The molecule has 0 saturated heterocycles. The summed E-state index contributed by atoms with van der Waals surface area (Å²) < 4.78 is 1.06. The van der Waals surface area contributed by atoms with Crippen molar-refractivity contribution >= 4 is 39.3 Å². The van der Waals surface area contributed by atoms with E-state index in [1.165, 1.54) is 4.90 Å². The number of hydrogen-bond donors (Lipinski definition) is 2. The third-order valence-corrected chi connectivity index (χ3v) is 4.46. The zero-order valence-corrected chi connectivity index (χ0v) is 13.9. The largest absolute Gasteiger partial charge is 0.325 e. The molecule has 2 aromatic rings. The average Bonchev–Trinajstić information content (AvgIpc) is 2.50. The quantitative estimate of drug-likeness (QED) is 0.764. The molecular formula is C16H17BrN2OS. The number of thioether (sulfide) groups is 1. The second-order valence-electron chi connectivity index (χ2n) is 4.55. The fourth-order valence-corrected chi connectivity index (χ4v) is 2.92. The second-order valence-corrected chi connectivity index (χ2v) is 6.64. The first kappa shape index (κ1) is 16.1. The van der Waals surface area contributed by atoms with Crippen molar-refractivity contribution in [3.05, 3.63) is 59.1 Å². The Hall–Kier alpha value is -1.30. The van der Waals surface area contributed by atoms with Crippen molar-refractivity contribution in [2.75, 3.05) is 11.1 Å². The van der Waals surface area contributed by atoms with E-state index >= 15 is 0 Å². The smallest absolute Gasteiger partial charge is 0.241 e. The molecule has 0 heterocycles. The van der Waals surface area contributed by atoms with Crippen LogP contribution < -0.4 is 11.1 Å². The van der Waals surface area contributed by atoms with Gasteiger partial charge in [0.15, 0.2) is 0 Å². The van der Waals surface area contributed by atoms with Gasteiger partial charge in [-0.2, -0.15) is 0 Å². The third kappa shape index (κ3) is 5.53. The molecule has 5 heteroatoms. The Morgan fingerprint density at radius 2 is 1.81 bits per heavy atom. The van der Waals surface area contributed by atoms with Crippen molar-refractivity contribution in [2.45, 2.75) is 17.4 Å². The predicted octanol–water partition coefficient (Wildman–Crippen LogP) is 3.90. The minimum absolute atomic E-state index is 0.141. The van der Waals surface area contributed by atoms with Crippen LogP contribution in [-0.4, -0.2) is 17.7 Å². The Bertz CT molecular complexity index is 575. The van der Waals surface area contributed by atoms with E-state index in [1.54, 1.807) is 11.8 Å². The van der Waals surface area contributed by atoms with Crippen LogP contribution in [0.1, 0.15) is 6.42 Å². The number of halogens is 1. The van der Waals surface area contributed by atoms with Crippen molar-refractivity contribution in [1.29, 1.82) is 0 Å². The van der Waals surface area contributed by atoms with Crippen LogP contribution in [0, 0.1) is 0 Å². The summed E-state index contributed by atoms with van der Waals surface area (Å²) in [5, 5.41) is 2.82. The van der Waals surface area contributed by atoms with E-state index in [-0.39, 0.29) is 5.91 Å². The van der Waals surface area contributed by atoms with Crippen LogP contribution in [0.2, 0.25) is 0 Å². The third-order valence-electron chi connectivity index (χ3n) is 2.89. The predicted molar refractivity (Wildman–Crippen MR) is 92.5 cm³/mol. The molecule has 2 rings (SSSR count). The van der Waals surface area contributed by atoms with Crippen LogP contribution >= 0.6 is 27.7 Å². The summed E-state index contributed by atoms with van der Waals surface area (Å²) in [7, 11) is 0. The van der Waals surface area contributed by atoms with Crippen molar-refractivity contribution in [3.8, 4) is 0 Å². The number of hydrogen-bond acceptors (Lipinski definition) is 3. The highest BCUT2D eigenvalue weighted by atomic mass is 79.9. The van der Waals surface area contributed by atoms with Gasteiger partial charge in [-0.3, -0.25) is 4.79 Å². The van der Waals surface area contributed by atoms with E-state index in [0.717, 1.165) is 15.9 Å². The lowest BCUT2D eigenvalue weighted by Crippen LogP contribution is -2.36. The van der Waals surface area contributed by atoms with Gasteiger partial charge in [-0.1, -0.05) is 34.1 Å². The van der Waals surface area contributed by atoms with Gasteiger partial charge in [0.05, 0.1) is 6.04 Å². The molecule has 0 aromatic heterocycles. The molecule has 21 heavy (non-hydrogen) atoms. The first-order valence-electron chi connectivity index (χ1n) is 6.65. The Labute approximate surface area is 137 Å². The number of rotatable bonds is 6. The molecule has 3 nitrogen and oxygen atoms in total. The topological polar surface area (TPSA) is 55.1 Å². The van der Waals surface area contributed by atoms with Gasteiger partial charge in [0, 0.05) is 15.1 Å². The minimum Gasteiger partial charge on any atom is -0.325 e. The number of carbonyl (C=O) groups is 1. The van der Waals surface area contributed by atoms with Gasteiger partial charge in [0.1, 0.15) is 0 Å². The maximum atomic E-state index is 11.9. The van der Waals surface area contributed by atoms with Gasteiger partial charge < -0.3 is 11.1 Å². The van der Waals surface area contributed by atoms with E-state index in [4.69, 9.17) is 5.73 Å². The van der Waals surface area contributed by atoms with Gasteiger partial charge in [0.25, 0.3) is 0 Å². The number of nitrogens with two attached hydrogens (primary N) is 1. The summed E-state index contributed by atoms with van der Waals surface area (Å²) in [6.07, 6.45) is 0.638. The number of nitrogens with one attached hydrogen (secondary N) is 1. The summed E-state index contributed by atoms with van der Waals surface area (Å²) in [4.78, 5) is 13.1. The van der Waals surface area contributed by atoms with Gasteiger partial charge in [0.2, 0.25) is 5.91 Å². The molecular weight excluding hydrogens is 348 g/mol. The first-order chi connectivity index (χ1) is 10.1. The molecule has 0 radical (unpaired) electrons. The summed E-state index contributed by atoms with van der Waals surface area (Å²) >= 11 is 5.11. The first-order valence-corrected chi connectivity index (χ1v) is 8.43. The molecule has 0 aliphatic rings. The molecule has 1 unspecified atom stereocenters. The van der Waals surface area contributed by atoms with E-state index in [0.29, 0.717) is 6.42 Å². The number of para-hydroxylation sites is 1. The lowest BCUT2D eigenvalue weighted by molar-refractivity contribution is -0.117. The molecule has 0 aliphatic heterocycles. The van der Waals surface area contributed by atoms with E-state index in [9.17, 15) is 4.79 Å². The maximum absolute atomic E-state index is 11.9. The van der Waals surface area contributed by atoms with Gasteiger partial charge >= 0.3 is 0 Å². The lowest BCUT2D eigenvalue weighted by Gasteiger charge is -2.12. The molecule has 2 aromatic carbocycles. The van der Waals surface area contributed by atoms with Crippen LogP contribution in [0.25, 0.3) is 0 Å². The summed E-state index contributed by atoms with van der Waals surface area (Å²) in [6, 6.07) is 17.0. The van der Waals surface area contributed by atoms with Crippen LogP contribution in [-0.2, 0) is 4.79 Å². The van der Waals surface area contributed by atoms with Crippen LogP contribution in [0.3, 0.4) is 0 Å². The Kier molecular flexibility index (Phi) is 6.29. The van der Waals surface area contributed by atoms with E-state index < -0.39 is 6.04 Å². The molecule has 0 bridgehead atoms. The van der Waals surface area contributed by atoms with Gasteiger partial charge in [-0.25, -0.2) is 0 Å². The van der Waals surface area contributed by atoms with E-state index in [1.807, 2.05) is 54.6 Å². The van der Waals surface area contributed by atoms with Gasteiger partial charge in [-0.05, 0) is 48.6 Å². The molecule has 0 spiro atoms. The van der Waals surface area contributed by atoms with E-state index in [2.05, 4.69) is 21.2 Å². The number of carbonyl (C=O) groups excluding carboxylic acids is 1. The maximum Gasteiger partial charge on any atom is 0.241 e. The number of benzene rings is 2. The van der Waals surface area contributed by atoms with Crippen LogP contribution in [0.4, 0.5) is 5.69 Å². The summed E-state index contributed by atoms with van der Waals surface area (Å²) in [5.41, 5.74) is 6.70. The fraction of sp³-hybridized carbons (Fsp3) is 0.188. The van der Waals surface area contributed by atoms with Crippen LogP contribution in [0.15, 0.2) is 64.0 Å². The molecule has 0 aliphatic carbocycles. The molecule has 110 valence electrons. The normalized spacial score (nSPS) is 11.9. The standard InChI is InChI=1S/C16H17BrN2OS/c17-12-6-8-14(9-7-12)21-11-10-15(18)16(20)19-13-4-2-1-3-5-13/h1-9,15H,10-11,18H2,(H,19,20). The highest BCUT2D eigenvalue weighted by Crippen LogP contribution is 2.21. The highest BCUT2D eigenvalue weighted by Gasteiger charge is 2.13. The summed E-state index contributed by atoms with van der Waals surface area (Å²) in [6.45, 7) is 0. The lowest BCUT2D eigenvalue weighted by atomic mass is 10.2. The average molecular weight is 365 g/mol. The second kappa shape index (κ2) is 8.22. The zero-order valence-electron chi connectivity index (χ0n) is 11.5. The molecule has 0 saturated carbocycles. The minimum atomic E-state index is -0.492. The fourth-order valence-electron chi connectivity index (χ4n) is 1.72. The molecule has 1 amide bonds. The van der Waals surface area contributed by atoms with Crippen molar-refractivity contribution in [1.82, 2.24) is 0 Å². The monoisotopic (exact) mass is 364 g/mol. The Morgan fingerprint density at radius 3 is 2.48 bits per heavy atom. The summed E-state index contributed by atoms with van der Waals surface area (Å²) in [5.74, 6) is 0.669. The molecule has 3 N–H and O–H groups in total. The van der Waals surface area contributed by atoms with Crippen molar-refractivity contribution in [2.24, 2.45) is 5.73 Å². The zero-order chi connectivity index (χ0) is 15.1. The number of amides is 1. The van der Waals surface area contributed by atoms with Crippen molar-refractivity contribution < 1.29 is 4.79 Å². The highest BCUT2D eigenvalue weighted by molar-refractivity contribution is 9.10. The number of anilines is 1. The Morgan fingerprint density at radius 1 is 1.14 bits per heavy atom. The molecule has 0 fully saturated rings. The Balaban J connectivity index is 1.75. The van der Waals surface area contributed by atoms with Crippen LogP contribution in [0.5, 0.6) is 0 Å². The van der Waals surface area contributed by atoms with Crippen molar-refractivity contribution in [3.63, 3.8) is 0 Å². The molecule has 1 atom stereocenters.